The Kier molecular flexibility index (Phi) is 3.51. The Bertz CT molecular complexity index is 850. The molecule has 2 aromatic rings. The first kappa shape index (κ1) is 16.1. The van der Waals surface area contributed by atoms with Gasteiger partial charge in [-0.25, -0.2) is 4.98 Å². The number of hydrogen-bond acceptors (Lipinski definition) is 3. The maximum atomic E-state index is 11.9. The number of aromatic nitrogens is 2. The van der Waals surface area contributed by atoms with E-state index in [4.69, 9.17) is 0 Å². The highest BCUT2D eigenvalue weighted by atomic mass is 16.3. The van der Waals surface area contributed by atoms with Crippen molar-refractivity contribution in [3.8, 4) is 11.3 Å². The van der Waals surface area contributed by atoms with Crippen LogP contribution in [0.1, 0.15) is 44.2 Å². The van der Waals surface area contributed by atoms with Gasteiger partial charge in [-0.05, 0) is 24.8 Å². The second-order valence-electron chi connectivity index (χ2n) is 8.13. The van der Waals surface area contributed by atoms with Crippen LogP contribution in [0.15, 0.2) is 36.8 Å². The highest BCUT2D eigenvalue weighted by molar-refractivity contribution is 5.76. The van der Waals surface area contributed by atoms with Crippen LogP contribution in [-0.2, 0) is 4.79 Å². The van der Waals surface area contributed by atoms with Gasteiger partial charge in [-0.15, -0.1) is 0 Å². The number of rotatable bonds is 2. The molecule has 1 N–H and O–H groups in total. The second-order valence-corrected chi connectivity index (χ2v) is 8.13. The van der Waals surface area contributed by atoms with E-state index in [1.165, 1.54) is 11.1 Å². The summed E-state index contributed by atoms with van der Waals surface area (Å²) >= 11 is 0. The highest BCUT2D eigenvalue weighted by Crippen LogP contribution is 2.59. The number of carbonyl (C=O) groups excluding carboxylic acids is 1. The SMILES string of the molecule is CCC(=O)N1CCC2(CC1)C[C@@H]([C@H]1c3ccccc3-c3cncn31)[C@H]2O. The standard InChI is InChI=1S/C21H25N3O2/c1-2-18(25)23-9-7-21(8-10-23)11-16(20(21)26)19-15-6-4-3-5-14(15)17-12-22-13-24(17)19/h3-6,12-13,16,19-20,26H,2,7-11H2,1H3/t16-,19+,20+/m0/s1. The maximum Gasteiger partial charge on any atom is 0.222 e. The lowest BCUT2D eigenvalue weighted by molar-refractivity contribution is -0.164. The quantitative estimate of drug-likeness (QED) is 0.905. The third kappa shape index (κ3) is 2.07. The fourth-order valence-corrected chi connectivity index (χ4v) is 5.51. The first-order chi connectivity index (χ1) is 12.6. The zero-order valence-corrected chi connectivity index (χ0v) is 15.1. The van der Waals surface area contributed by atoms with Gasteiger partial charge in [0.15, 0.2) is 0 Å². The van der Waals surface area contributed by atoms with E-state index in [-0.39, 0.29) is 29.4 Å². The van der Waals surface area contributed by atoms with Crippen LogP contribution in [0.2, 0.25) is 0 Å². The molecule has 3 atom stereocenters. The molecule has 2 aliphatic heterocycles. The van der Waals surface area contributed by atoms with Crippen LogP contribution < -0.4 is 0 Å². The van der Waals surface area contributed by atoms with Crippen LogP contribution in [0.4, 0.5) is 0 Å². The molecule has 136 valence electrons. The number of likely N-dealkylation sites (tertiary alicyclic amines) is 1. The summed E-state index contributed by atoms with van der Waals surface area (Å²) in [5, 5.41) is 11.2. The summed E-state index contributed by atoms with van der Waals surface area (Å²) in [5.74, 6) is 0.456. The number of carbonyl (C=O) groups is 1. The number of imidazole rings is 1. The predicted molar refractivity (Wildman–Crippen MR) is 98.5 cm³/mol. The Morgan fingerprint density at radius 3 is 2.81 bits per heavy atom. The van der Waals surface area contributed by atoms with E-state index in [2.05, 4.69) is 33.8 Å². The molecular formula is C21H25N3O2. The van der Waals surface area contributed by atoms with Crippen LogP contribution in [0.3, 0.4) is 0 Å². The third-order valence-electron chi connectivity index (χ3n) is 7.02. The molecule has 1 saturated heterocycles. The number of amides is 1. The van der Waals surface area contributed by atoms with Crippen LogP contribution in [0.5, 0.6) is 0 Å². The lowest BCUT2D eigenvalue weighted by atomic mass is 9.53. The monoisotopic (exact) mass is 351 g/mol. The van der Waals surface area contributed by atoms with Gasteiger partial charge in [0.1, 0.15) is 0 Å². The van der Waals surface area contributed by atoms with Crippen molar-refractivity contribution < 1.29 is 9.90 Å². The van der Waals surface area contributed by atoms with E-state index in [9.17, 15) is 9.90 Å². The van der Waals surface area contributed by atoms with Crippen LogP contribution >= 0.6 is 0 Å². The lowest BCUT2D eigenvalue weighted by Gasteiger charge is -2.58. The number of aliphatic hydroxyl groups is 1. The normalized spacial score (nSPS) is 28.5. The molecule has 0 unspecified atom stereocenters. The number of hydrogen-bond donors (Lipinski definition) is 1. The van der Waals surface area contributed by atoms with Gasteiger partial charge in [0.25, 0.3) is 0 Å². The van der Waals surface area contributed by atoms with E-state index >= 15 is 0 Å². The summed E-state index contributed by atoms with van der Waals surface area (Å²) in [6, 6.07) is 8.67. The molecule has 3 heterocycles. The Morgan fingerprint density at radius 1 is 1.31 bits per heavy atom. The summed E-state index contributed by atoms with van der Waals surface area (Å²) in [4.78, 5) is 18.2. The zero-order chi connectivity index (χ0) is 17.9. The molecular weight excluding hydrogens is 326 g/mol. The Balaban J connectivity index is 1.38. The van der Waals surface area contributed by atoms with Crippen LogP contribution in [-0.4, -0.2) is 44.7 Å². The average Bonchev–Trinajstić information content (AvgIpc) is 3.27. The number of piperidine rings is 1. The van der Waals surface area contributed by atoms with Gasteiger partial charge in [-0.3, -0.25) is 4.79 Å². The first-order valence-corrected chi connectivity index (χ1v) is 9.71. The van der Waals surface area contributed by atoms with Crippen molar-refractivity contribution in [2.75, 3.05) is 13.1 Å². The molecule has 1 saturated carbocycles. The van der Waals surface area contributed by atoms with Gasteiger partial charge in [0.2, 0.25) is 5.91 Å². The molecule has 26 heavy (non-hydrogen) atoms. The van der Waals surface area contributed by atoms with Gasteiger partial charge in [0.05, 0.1) is 30.4 Å². The fraction of sp³-hybridized carbons (Fsp3) is 0.524. The lowest BCUT2D eigenvalue weighted by Crippen LogP contribution is -2.59. The summed E-state index contributed by atoms with van der Waals surface area (Å²) in [7, 11) is 0. The number of benzene rings is 1. The van der Waals surface area contributed by atoms with Gasteiger partial charge < -0.3 is 14.6 Å². The van der Waals surface area contributed by atoms with E-state index in [1.807, 2.05) is 24.3 Å². The molecule has 5 heteroatoms. The Labute approximate surface area is 153 Å². The van der Waals surface area contributed by atoms with Crippen LogP contribution in [0, 0.1) is 11.3 Å². The summed E-state index contributed by atoms with van der Waals surface area (Å²) in [6.45, 7) is 3.49. The van der Waals surface area contributed by atoms with Gasteiger partial charge >= 0.3 is 0 Å². The number of aliphatic hydroxyl groups excluding tert-OH is 1. The molecule has 5 nitrogen and oxygen atoms in total. The minimum absolute atomic E-state index is 0.00648. The molecule has 5 rings (SSSR count). The number of nitrogens with zero attached hydrogens (tertiary/aromatic N) is 3. The minimum atomic E-state index is -0.312. The predicted octanol–water partition coefficient (Wildman–Crippen LogP) is 2.85. The first-order valence-electron chi connectivity index (χ1n) is 9.71. The zero-order valence-electron chi connectivity index (χ0n) is 15.1. The van der Waals surface area contributed by atoms with Gasteiger partial charge in [-0.1, -0.05) is 31.2 Å². The van der Waals surface area contributed by atoms with E-state index in [0.717, 1.165) is 38.0 Å². The molecule has 1 aromatic heterocycles. The maximum absolute atomic E-state index is 11.9. The van der Waals surface area contributed by atoms with Crippen molar-refractivity contribution in [1.82, 2.24) is 14.5 Å². The van der Waals surface area contributed by atoms with Crippen molar-refractivity contribution in [2.45, 2.75) is 44.8 Å². The largest absolute Gasteiger partial charge is 0.392 e. The molecule has 1 amide bonds. The van der Waals surface area contributed by atoms with Crippen molar-refractivity contribution >= 4 is 5.91 Å². The highest BCUT2D eigenvalue weighted by Gasteiger charge is 2.58. The summed E-state index contributed by atoms with van der Waals surface area (Å²) in [5.41, 5.74) is 3.70. The second kappa shape index (κ2) is 5.68. The van der Waals surface area contributed by atoms with Gasteiger partial charge in [0, 0.05) is 36.4 Å². The minimum Gasteiger partial charge on any atom is -0.392 e. The van der Waals surface area contributed by atoms with Crippen LogP contribution in [0.25, 0.3) is 11.3 Å². The molecule has 1 spiro atoms. The van der Waals surface area contributed by atoms with Crippen molar-refractivity contribution in [1.29, 1.82) is 0 Å². The van der Waals surface area contributed by atoms with E-state index in [0.29, 0.717) is 6.42 Å². The van der Waals surface area contributed by atoms with E-state index < -0.39 is 0 Å². The molecule has 2 fully saturated rings. The molecule has 0 bridgehead atoms. The summed E-state index contributed by atoms with van der Waals surface area (Å²) in [6.07, 6.45) is 6.95. The Hall–Kier alpha value is -2.14. The van der Waals surface area contributed by atoms with Crippen molar-refractivity contribution in [2.24, 2.45) is 11.3 Å². The van der Waals surface area contributed by atoms with Crippen molar-refractivity contribution in [3.63, 3.8) is 0 Å². The molecule has 1 aromatic carbocycles. The van der Waals surface area contributed by atoms with Gasteiger partial charge in [-0.2, -0.15) is 0 Å². The third-order valence-corrected chi connectivity index (χ3v) is 7.02. The molecule has 1 aliphatic carbocycles. The Morgan fingerprint density at radius 2 is 2.08 bits per heavy atom. The average molecular weight is 351 g/mol. The smallest absolute Gasteiger partial charge is 0.222 e. The van der Waals surface area contributed by atoms with E-state index in [1.54, 1.807) is 0 Å². The number of fused-ring (bicyclic) bond motifs is 3. The molecule has 3 aliphatic rings. The fourth-order valence-electron chi connectivity index (χ4n) is 5.51. The summed E-state index contributed by atoms with van der Waals surface area (Å²) < 4.78 is 2.24. The van der Waals surface area contributed by atoms with Crippen molar-refractivity contribution in [3.05, 3.63) is 42.4 Å². The molecule has 0 radical (unpaired) electrons. The topological polar surface area (TPSA) is 58.4 Å².